The number of thiazole rings is 1. The summed E-state index contributed by atoms with van der Waals surface area (Å²) in [4.78, 5) is 20.0. The maximum Gasteiger partial charge on any atom is 0.259 e. The molecule has 0 radical (unpaired) electrons. The Morgan fingerprint density at radius 1 is 1.33 bits per heavy atom. The van der Waals surface area contributed by atoms with Gasteiger partial charge in [0.15, 0.2) is 4.96 Å². The second-order valence-electron chi connectivity index (χ2n) is 6.26. The summed E-state index contributed by atoms with van der Waals surface area (Å²) in [5.41, 5.74) is 2.82. The SMILES string of the molecule is Cc1csc2nc(CN3CCCC3c3ccc(F)cc3)cc(=O)n12. The van der Waals surface area contributed by atoms with Crippen LogP contribution in [0.1, 0.15) is 35.8 Å². The molecule has 3 heterocycles. The molecule has 124 valence electrons. The first kappa shape index (κ1) is 15.5. The first-order valence-electron chi connectivity index (χ1n) is 8.08. The first-order valence-corrected chi connectivity index (χ1v) is 8.96. The number of fused-ring (bicyclic) bond motifs is 1. The molecule has 0 spiro atoms. The number of rotatable bonds is 3. The Hall–Kier alpha value is -2.05. The van der Waals surface area contributed by atoms with Gasteiger partial charge < -0.3 is 0 Å². The Morgan fingerprint density at radius 3 is 2.92 bits per heavy atom. The first-order chi connectivity index (χ1) is 11.6. The smallest absolute Gasteiger partial charge is 0.259 e. The van der Waals surface area contributed by atoms with Gasteiger partial charge in [-0.15, -0.1) is 11.3 Å². The van der Waals surface area contributed by atoms with E-state index in [4.69, 9.17) is 0 Å². The second kappa shape index (κ2) is 6.11. The third kappa shape index (κ3) is 2.76. The zero-order valence-electron chi connectivity index (χ0n) is 13.4. The fourth-order valence-corrected chi connectivity index (χ4v) is 4.36. The van der Waals surface area contributed by atoms with Crippen LogP contribution in [-0.4, -0.2) is 20.8 Å². The van der Waals surface area contributed by atoms with E-state index in [1.165, 1.54) is 23.5 Å². The van der Waals surface area contributed by atoms with E-state index in [1.807, 2.05) is 24.4 Å². The van der Waals surface area contributed by atoms with Crippen molar-refractivity contribution in [2.45, 2.75) is 32.4 Å². The summed E-state index contributed by atoms with van der Waals surface area (Å²) in [5, 5.41) is 1.95. The maximum absolute atomic E-state index is 13.2. The molecule has 1 fully saturated rings. The normalized spacial score (nSPS) is 18.5. The van der Waals surface area contributed by atoms with Crippen LogP contribution in [0.15, 0.2) is 40.5 Å². The predicted molar refractivity (Wildman–Crippen MR) is 92.9 cm³/mol. The molecule has 0 bridgehead atoms. The summed E-state index contributed by atoms with van der Waals surface area (Å²) in [7, 11) is 0. The van der Waals surface area contributed by atoms with Gasteiger partial charge in [-0.1, -0.05) is 12.1 Å². The topological polar surface area (TPSA) is 37.6 Å². The average Bonchev–Trinajstić information content (AvgIpc) is 3.15. The zero-order chi connectivity index (χ0) is 16.7. The third-order valence-electron chi connectivity index (χ3n) is 4.61. The van der Waals surface area contributed by atoms with E-state index in [2.05, 4.69) is 9.88 Å². The lowest BCUT2D eigenvalue weighted by Crippen LogP contribution is -2.25. The number of benzene rings is 1. The number of aromatic nitrogens is 2. The fourth-order valence-electron chi connectivity index (χ4n) is 3.47. The van der Waals surface area contributed by atoms with Crippen LogP contribution in [0.5, 0.6) is 0 Å². The van der Waals surface area contributed by atoms with Gasteiger partial charge in [0.25, 0.3) is 5.56 Å². The molecular formula is C18H18FN3OS. The molecule has 1 atom stereocenters. The van der Waals surface area contributed by atoms with E-state index in [-0.39, 0.29) is 17.4 Å². The van der Waals surface area contributed by atoms with Crippen molar-refractivity contribution in [2.24, 2.45) is 0 Å². The summed E-state index contributed by atoms with van der Waals surface area (Å²) in [6.07, 6.45) is 2.15. The molecule has 6 heteroatoms. The van der Waals surface area contributed by atoms with Crippen molar-refractivity contribution in [3.8, 4) is 0 Å². The highest BCUT2D eigenvalue weighted by Gasteiger charge is 2.26. The Balaban J connectivity index is 1.62. The molecule has 0 aliphatic carbocycles. The van der Waals surface area contributed by atoms with E-state index in [0.717, 1.165) is 41.3 Å². The minimum absolute atomic E-state index is 0.0220. The third-order valence-corrected chi connectivity index (χ3v) is 5.56. The van der Waals surface area contributed by atoms with Crippen molar-refractivity contribution in [3.63, 3.8) is 0 Å². The number of likely N-dealkylation sites (tertiary alicyclic amines) is 1. The van der Waals surface area contributed by atoms with Crippen LogP contribution in [0.2, 0.25) is 0 Å². The standard InChI is InChI=1S/C18H18FN3OS/c1-12-11-24-18-20-15(9-17(23)22(12)18)10-21-8-2-3-16(21)13-4-6-14(19)7-5-13/h4-7,9,11,16H,2-3,8,10H2,1H3. The number of nitrogens with zero attached hydrogens (tertiary/aromatic N) is 3. The van der Waals surface area contributed by atoms with Crippen LogP contribution < -0.4 is 5.56 Å². The summed E-state index contributed by atoms with van der Waals surface area (Å²) in [6.45, 7) is 3.52. The maximum atomic E-state index is 13.2. The molecule has 24 heavy (non-hydrogen) atoms. The van der Waals surface area contributed by atoms with Gasteiger partial charge in [-0.25, -0.2) is 9.37 Å². The molecule has 2 aromatic heterocycles. The molecule has 1 aliphatic rings. The van der Waals surface area contributed by atoms with E-state index < -0.39 is 0 Å². The summed E-state index contributed by atoms with van der Waals surface area (Å²) >= 11 is 1.49. The lowest BCUT2D eigenvalue weighted by atomic mass is 10.0. The lowest BCUT2D eigenvalue weighted by Gasteiger charge is -2.24. The zero-order valence-corrected chi connectivity index (χ0v) is 14.2. The Morgan fingerprint density at radius 2 is 2.12 bits per heavy atom. The van der Waals surface area contributed by atoms with Crippen LogP contribution >= 0.6 is 11.3 Å². The van der Waals surface area contributed by atoms with E-state index in [0.29, 0.717) is 6.54 Å². The van der Waals surface area contributed by atoms with Gasteiger partial charge in [0.2, 0.25) is 0 Å². The largest absolute Gasteiger partial charge is 0.291 e. The second-order valence-corrected chi connectivity index (χ2v) is 7.10. The van der Waals surface area contributed by atoms with Gasteiger partial charge >= 0.3 is 0 Å². The average molecular weight is 343 g/mol. The summed E-state index contributed by atoms with van der Waals surface area (Å²) < 4.78 is 14.8. The predicted octanol–water partition coefficient (Wildman–Crippen LogP) is 3.54. The van der Waals surface area contributed by atoms with Crippen LogP contribution in [0.25, 0.3) is 4.96 Å². The van der Waals surface area contributed by atoms with Crippen LogP contribution in [0.3, 0.4) is 0 Å². The minimum atomic E-state index is -0.212. The molecule has 3 aromatic rings. The highest BCUT2D eigenvalue weighted by molar-refractivity contribution is 7.15. The van der Waals surface area contributed by atoms with Crippen molar-refractivity contribution in [1.82, 2.24) is 14.3 Å². The number of aryl methyl sites for hydroxylation is 1. The molecule has 4 rings (SSSR count). The quantitative estimate of drug-likeness (QED) is 0.730. The Labute approximate surface area is 143 Å². The van der Waals surface area contributed by atoms with Gasteiger partial charge in [0.05, 0.1) is 5.69 Å². The lowest BCUT2D eigenvalue weighted by molar-refractivity contribution is 0.245. The Bertz CT molecular complexity index is 932. The van der Waals surface area contributed by atoms with Gasteiger partial charge in [-0.2, -0.15) is 0 Å². The summed E-state index contributed by atoms with van der Waals surface area (Å²) in [5.74, 6) is -0.212. The van der Waals surface area contributed by atoms with E-state index in [1.54, 1.807) is 10.5 Å². The van der Waals surface area contributed by atoms with E-state index in [9.17, 15) is 9.18 Å². The fraction of sp³-hybridized carbons (Fsp3) is 0.333. The Kier molecular flexibility index (Phi) is 3.94. The molecule has 0 saturated carbocycles. The van der Waals surface area contributed by atoms with Crippen molar-refractivity contribution < 1.29 is 4.39 Å². The van der Waals surface area contributed by atoms with Gasteiger partial charge in [0, 0.05) is 29.7 Å². The van der Waals surface area contributed by atoms with Gasteiger partial charge in [0.1, 0.15) is 5.82 Å². The summed E-state index contributed by atoms with van der Waals surface area (Å²) in [6, 6.07) is 8.62. The molecule has 1 aliphatic heterocycles. The highest BCUT2D eigenvalue weighted by atomic mass is 32.1. The number of halogens is 1. The van der Waals surface area contributed by atoms with E-state index >= 15 is 0 Å². The molecule has 0 N–H and O–H groups in total. The molecule has 4 nitrogen and oxygen atoms in total. The van der Waals surface area contributed by atoms with Crippen molar-refractivity contribution >= 4 is 16.3 Å². The molecular weight excluding hydrogens is 325 g/mol. The molecule has 1 saturated heterocycles. The highest BCUT2D eigenvalue weighted by Crippen LogP contribution is 2.33. The van der Waals surface area contributed by atoms with Gasteiger partial charge in [-0.3, -0.25) is 14.1 Å². The van der Waals surface area contributed by atoms with Crippen LogP contribution in [0.4, 0.5) is 4.39 Å². The van der Waals surface area contributed by atoms with Crippen molar-refractivity contribution in [3.05, 3.63) is 68.8 Å². The van der Waals surface area contributed by atoms with Crippen LogP contribution in [-0.2, 0) is 6.54 Å². The number of hydrogen-bond acceptors (Lipinski definition) is 4. The van der Waals surface area contributed by atoms with Gasteiger partial charge in [-0.05, 0) is 44.0 Å². The molecule has 1 unspecified atom stereocenters. The monoisotopic (exact) mass is 343 g/mol. The number of hydrogen-bond donors (Lipinski definition) is 0. The molecule has 0 amide bonds. The minimum Gasteiger partial charge on any atom is -0.291 e. The van der Waals surface area contributed by atoms with Crippen molar-refractivity contribution in [2.75, 3.05) is 6.54 Å². The van der Waals surface area contributed by atoms with Crippen LogP contribution in [0, 0.1) is 12.7 Å². The van der Waals surface area contributed by atoms with Crippen molar-refractivity contribution in [1.29, 1.82) is 0 Å². The molecule has 1 aromatic carbocycles.